The molecule has 1 amide bonds. The highest BCUT2D eigenvalue weighted by Gasteiger charge is 2.12. The lowest BCUT2D eigenvalue weighted by atomic mass is 10.1. The van der Waals surface area contributed by atoms with E-state index >= 15 is 0 Å². The molecule has 4 nitrogen and oxygen atoms in total. The van der Waals surface area contributed by atoms with Crippen LogP contribution in [0.5, 0.6) is 0 Å². The summed E-state index contributed by atoms with van der Waals surface area (Å²) in [4.78, 5) is 19.6. The summed E-state index contributed by atoms with van der Waals surface area (Å²) < 4.78 is 0. The van der Waals surface area contributed by atoms with Gasteiger partial charge in [-0.2, -0.15) is 0 Å². The number of rotatable bonds is 4. The van der Waals surface area contributed by atoms with Crippen molar-refractivity contribution < 1.29 is 4.79 Å². The number of aryl methyl sites for hydroxylation is 2. The van der Waals surface area contributed by atoms with Crippen molar-refractivity contribution in [1.82, 2.24) is 15.3 Å². The van der Waals surface area contributed by atoms with Gasteiger partial charge in [-0.3, -0.25) is 9.78 Å². The lowest BCUT2D eigenvalue weighted by Crippen LogP contribution is -2.24. The summed E-state index contributed by atoms with van der Waals surface area (Å²) in [5.74, 6) is 0.0226. The van der Waals surface area contributed by atoms with Gasteiger partial charge in [0.2, 0.25) is 5.91 Å². The molecule has 0 radical (unpaired) electrons. The summed E-state index contributed by atoms with van der Waals surface area (Å²) in [6.45, 7) is 4.58. The van der Waals surface area contributed by atoms with E-state index < -0.39 is 0 Å². The van der Waals surface area contributed by atoms with Crippen molar-refractivity contribution in [3.05, 3.63) is 65.1 Å². The normalized spacial score (nSPS) is 10.8. The van der Waals surface area contributed by atoms with Gasteiger partial charge in [0.25, 0.3) is 0 Å². The third kappa shape index (κ3) is 3.01. The minimum absolute atomic E-state index is 0.0226. The monoisotopic (exact) mass is 293 g/mol. The molecule has 112 valence electrons. The molecule has 2 aromatic heterocycles. The number of hydrogen-bond donors (Lipinski definition) is 2. The molecule has 0 atom stereocenters. The molecular formula is C18H19N3O. The van der Waals surface area contributed by atoms with Crippen molar-refractivity contribution >= 4 is 16.8 Å². The van der Waals surface area contributed by atoms with Gasteiger partial charge >= 0.3 is 0 Å². The molecule has 0 unspecified atom stereocenters. The molecule has 0 saturated heterocycles. The highest BCUT2D eigenvalue weighted by molar-refractivity contribution is 5.90. The first-order chi connectivity index (χ1) is 10.6. The average molecular weight is 293 g/mol. The van der Waals surface area contributed by atoms with Crippen LogP contribution < -0.4 is 5.32 Å². The topological polar surface area (TPSA) is 57.8 Å². The highest BCUT2D eigenvalue weighted by atomic mass is 16.1. The van der Waals surface area contributed by atoms with Crippen LogP contribution in [0.2, 0.25) is 0 Å². The first-order valence-corrected chi connectivity index (χ1v) is 7.37. The second-order valence-electron chi connectivity index (χ2n) is 5.59. The van der Waals surface area contributed by atoms with Gasteiger partial charge in [0.1, 0.15) is 0 Å². The fourth-order valence-corrected chi connectivity index (χ4v) is 2.65. The molecular weight excluding hydrogens is 274 g/mol. The average Bonchev–Trinajstić information content (AvgIpc) is 2.82. The summed E-state index contributed by atoms with van der Waals surface area (Å²) in [6, 6.07) is 10.1. The second kappa shape index (κ2) is 6.02. The summed E-state index contributed by atoms with van der Waals surface area (Å²) in [5.41, 5.74) is 5.41. The van der Waals surface area contributed by atoms with E-state index in [4.69, 9.17) is 0 Å². The predicted molar refractivity (Wildman–Crippen MR) is 87.6 cm³/mol. The fourth-order valence-electron chi connectivity index (χ4n) is 2.65. The van der Waals surface area contributed by atoms with Crippen LogP contribution in [0.1, 0.15) is 22.4 Å². The fraction of sp³-hybridized carbons (Fsp3) is 0.222. The number of fused-ring (bicyclic) bond motifs is 1. The van der Waals surface area contributed by atoms with Crippen LogP contribution in [0.3, 0.4) is 0 Å². The minimum atomic E-state index is 0.0226. The van der Waals surface area contributed by atoms with Gasteiger partial charge in [0, 0.05) is 35.5 Å². The Morgan fingerprint density at radius 1 is 1.27 bits per heavy atom. The van der Waals surface area contributed by atoms with Gasteiger partial charge < -0.3 is 10.3 Å². The van der Waals surface area contributed by atoms with Crippen molar-refractivity contribution in [3.8, 4) is 0 Å². The Morgan fingerprint density at radius 2 is 2.14 bits per heavy atom. The molecule has 3 rings (SSSR count). The molecule has 2 heterocycles. The molecule has 1 aromatic carbocycles. The lowest BCUT2D eigenvalue weighted by molar-refractivity contribution is -0.120. The molecule has 0 bridgehead atoms. The molecule has 0 saturated carbocycles. The van der Waals surface area contributed by atoms with E-state index in [1.807, 2.05) is 19.1 Å². The number of hydrogen-bond acceptors (Lipinski definition) is 2. The molecule has 0 aliphatic heterocycles. The largest absolute Gasteiger partial charge is 0.358 e. The Balaban J connectivity index is 1.74. The first kappa shape index (κ1) is 14.3. The predicted octanol–water partition coefficient (Wildman–Crippen LogP) is 3.04. The van der Waals surface area contributed by atoms with Crippen LogP contribution in [0.15, 0.2) is 42.7 Å². The number of H-pyrrole nitrogens is 1. The van der Waals surface area contributed by atoms with E-state index in [0.717, 1.165) is 27.7 Å². The summed E-state index contributed by atoms with van der Waals surface area (Å²) >= 11 is 0. The van der Waals surface area contributed by atoms with Crippen molar-refractivity contribution in [1.29, 1.82) is 0 Å². The van der Waals surface area contributed by atoms with Gasteiger partial charge in [-0.15, -0.1) is 0 Å². The van der Waals surface area contributed by atoms with Crippen LogP contribution in [0.4, 0.5) is 0 Å². The minimum Gasteiger partial charge on any atom is -0.358 e. The van der Waals surface area contributed by atoms with Gasteiger partial charge in [-0.05, 0) is 43.2 Å². The Kier molecular flexibility index (Phi) is 3.92. The third-order valence-electron chi connectivity index (χ3n) is 3.82. The Labute approximate surface area is 129 Å². The summed E-state index contributed by atoms with van der Waals surface area (Å²) in [7, 11) is 0. The van der Waals surface area contributed by atoms with E-state index in [1.165, 1.54) is 5.56 Å². The van der Waals surface area contributed by atoms with Gasteiger partial charge in [-0.25, -0.2) is 0 Å². The zero-order valence-electron chi connectivity index (χ0n) is 12.8. The Bertz CT molecular complexity index is 806. The van der Waals surface area contributed by atoms with Crippen LogP contribution in [0, 0.1) is 13.8 Å². The van der Waals surface area contributed by atoms with Gasteiger partial charge in [0.15, 0.2) is 0 Å². The van der Waals surface area contributed by atoms with Crippen LogP contribution in [-0.2, 0) is 17.8 Å². The Morgan fingerprint density at radius 3 is 2.91 bits per heavy atom. The molecule has 22 heavy (non-hydrogen) atoms. The number of pyridine rings is 1. The van der Waals surface area contributed by atoms with Crippen molar-refractivity contribution in [2.24, 2.45) is 0 Å². The van der Waals surface area contributed by atoms with Crippen molar-refractivity contribution in [2.45, 2.75) is 26.8 Å². The first-order valence-electron chi connectivity index (χ1n) is 7.37. The zero-order valence-corrected chi connectivity index (χ0v) is 12.8. The molecule has 2 N–H and O–H groups in total. The maximum absolute atomic E-state index is 12.2. The van der Waals surface area contributed by atoms with Gasteiger partial charge in [0.05, 0.1) is 6.42 Å². The number of nitrogens with zero attached hydrogens (tertiary/aromatic N) is 1. The molecule has 0 spiro atoms. The van der Waals surface area contributed by atoms with E-state index in [-0.39, 0.29) is 5.91 Å². The number of aromatic nitrogens is 2. The quantitative estimate of drug-likeness (QED) is 0.777. The van der Waals surface area contributed by atoms with Crippen molar-refractivity contribution in [2.75, 3.05) is 0 Å². The number of carbonyl (C=O) groups is 1. The second-order valence-corrected chi connectivity index (χ2v) is 5.59. The standard InChI is InChI=1S/C18H19N3O/c1-12-5-6-17-16(8-12)15(13(2)21-17)9-18(22)20-11-14-4-3-7-19-10-14/h3-8,10,21H,9,11H2,1-2H3,(H,20,22). The zero-order chi connectivity index (χ0) is 15.5. The maximum Gasteiger partial charge on any atom is 0.224 e. The van der Waals surface area contributed by atoms with Gasteiger partial charge in [-0.1, -0.05) is 17.7 Å². The summed E-state index contributed by atoms with van der Waals surface area (Å²) in [5, 5.41) is 4.08. The summed E-state index contributed by atoms with van der Waals surface area (Å²) in [6.07, 6.45) is 3.87. The molecule has 4 heteroatoms. The highest BCUT2D eigenvalue weighted by Crippen LogP contribution is 2.23. The van der Waals surface area contributed by atoms with E-state index in [9.17, 15) is 4.79 Å². The van der Waals surface area contributed by atoms with E-state index in [1.54, 1.807) is 12.4 Å². The van der Waals surface area contributed by atoms with Crippen LogP contribution in [0.25, 0.3) is 10.9 Å². The number of nitrogens with one attached hydrogen (secondary N) is 2. The Hall–Kier alpha value is -2.62. The third-order valence-corrected chi connectivity index (χ3v) is 3.82. The van der Waals surface area contributed by atoms with E-state index in [2.05, 4.69) is 40.4 Å². The maximum atomic E-state index is 12.2. The molecule has 0 fully saturated rings. The SMILES string of the molecule is Cc1ccc2[nH]c(C)c(CC(=O)NCc3cccnc3)c2c1. The lowest BCUT2D eigenvalue weighted by Gasteiger charge is -2.06. The number of amides is 1. The molecule has 0 aliphatic rings. The number of carbonyl (C=O) groups excluding carboxylic acids is 1. The molecule has 3 aromatic rings. The number of aromatic amines is 1. The van der Waals surface area contributed by atoms with Crippen LogP contribution in [-0.4, -0.2) is 15.9 Å². The smallest absolute Gasteiger partial charge is 0.224 e. The molecule has 0 aliphatic carbocycles. The van der Waals surface area contributed by atoms with Crippen molar-refractivity contribution in [3.63, 3.8) is 0 Å². The van der Waals surface area contributed by atoms with Crippen LogP contribution >= 0.6 is 0 Å². The number of benzene rings is 1. The van der Waals surface area contributed by atoms with E-state index in [0.29, 0.717) is 13.0 Å².